The first-order chi connectivity index (χ1) is 6.79. The lowest BCUT2D eigenvalue weighted by atomic mass is 10.1. The van der Waals surface area contributed by atoms with Crippen LogP contribution >= 0.6 is 0 Å². The monoisotopic (exact) mass is 194 g/mol. The first kappa shape index (κ1) is 11.0. The van der Waals surface area contributed by atoms with Crippen LogP contribution in [0, 0.1) is 0 Å². The van der Waals surface area contributed by atoms with E-state index in [1.165, 1.54) is 0 Å². The smallest absolute Gasteiger partial charge is 0.141 e. The van der Waals surface area contributed by atoms with E-state index in [1.54, 1.807) is 19.5 Å². The van der Waals surface area contributed by atoms with Gasteiger partial charge in [-0.05, 0) is 26.0 Å². The molecule has 0 aromatic carbocycles. The van der Waals surface area contributed by atoms with Crippen molar-refractivity contribution < 1.29 is 4.74 Å². The molecule has 0 amide bonds. The van der Waals surface area contributed by atoms with Crippen LogP contribution in [0.15, 0.2) is 18.5 Å². The summed E-state index contributed by atoms with van der Waals surface area (Å²) in [5, 5.41) is 3.42. The molecule has 0 spiro atoms. The molecule has 0 radical (unpaired) electrons. The Kier molecular flexibility index (Phi) is 4.40. The van der Waals surface area contributed by atoms with Crippen LogP contribution in [0.25, 0.3) is 0 Å². The summed E-state index contributed by atoms with van der Waals surface area (Å²) in [6.07, 6.45) is 4.68. The maximum absolute atomic E-state index is 5.24. The topological polar surface area (TPSA) is 34.2 Å². The number of rotatable bonds is 5. The molecule has 1 atom stereocenters. The summed E-state index contributed by atoms with van der Waals surface area (Å²) in [7, 11) is 1.67. The third kappa shape index (κ3) is 2.70. The number of aromatic nitrogens is 1. The van der Waals surface area contributed by atoms with E-state index in [0.717, 1.165) is 24.3 Å². The Balaban J connectivity index is 2.72. The number of ether oxygens (including phenoxy) is 1. The number of nitrogens with zero attached hydrogens (tertiary/aromatic N) is 1. The van der Waals surface area contributed by atoms with Crippen molar-refractivity contribution >= 4 is 0 Å². The summed E-state index contributed by atoms with van der Waals surface area (Å²) < 4.78 is 5.24. The number of nitrogens with one attached hydrogen (secondary N) is 1. The summed E-state index contributed by atoms with van der Waals surface area (Å²) in [5.74, 6) is 0.851. The van der Waals surface area contributed by atoms with Crippen LogP contribution in [0.3, 0.4) is 0 Å². The van der Waals surface area contributed by atoms with E-state index in [4.69, 9.17) is 4.74 Å². The quantitative estimate of drug-likeness (QED) is 0.780. The molecule has 14 heavy (non-hydrogen) atoms. The minimum Gasteiger partial charge on any atom is -0.495 e. The van der Waals surface area contributed by atoms with Crippen molar-refractivity contribution in [2.75, 3.05) is 13.7 Å². The molecule has 0 aliphatic carbocycles. The van der Waals surface area contributed by atoms with E-state index in [2.05, 4.69) is 24.1 Å². The average molecular weight is 194 g/mol. The molecule has 0 aliphatic heterocycles. The molecule has 1 aromatic rings. The first-order valence-corrected chi connectivity index (χ1v) is 5.00. The standard InChI is InChI=1S/C11H18N2O/c1-4-6-13-9(2)10-5-7-12-8-11(10)14-3/h5,7-9,13H,4,6H2,1-3H3. The molecule has 78 valence electrons. The average Bonchev–Trinajstić information content (AvgIpc) is 2.25. The van der Waals surface area contributed by atoms with Crippen molar-refractivity contribution in [1.29, 1.82) is 0 Å². The molecule has 1 heterocycles. The van der Waals surface area contributed by atoms with E-state index in [0.29, 0.717) is 6.04 Å². The SMILES string of the molecule is CCCNC(C)c1ccncc1OC. The van der Waals surface area contributed by atoms with Crippen LogP contribution in [-0.2, 0) is 0 Å². The molecule has 1 unspecified atom stereocenters. The van der Waals surface area contributed by atoms with E-state index in [9.17, 15) is 0 Å². The Hall–Kier alpha value is -1.09. The van der Waals surface area contributed by atoms with Gasteiger partial charge in [0.05, 0.1) is 13.3 Å². The van der Waals surface area contributed by atoms with Crippen molar-refractivity contribution in [3.05, 3.63) is 24.0 Å². The summed E-state index contributed by atoms with van der Waals surface area (Å²) in [4.78, 5) is 4.03. The van der Waals surface area contributed by atoms with Crippen LogP contribution < -0.4 is 10.1 Å². The van der Waals surface area contributed by atoms with Gasteiger partial charge in [0.1, 0.15) is 5.75 Å². The zero-order valence-electron chi connectivity index (χ0n) is 9.08. The van der Waals surface area contributed by atoms with E-state index < -0.39 is 0 Å². The van der Waals surface area contributed by atoms with Gasteiger partial charge in [0, 0.05) is 17.8 Å². The minimum atomic E-state index is 0.313. The minimum absolute atomic E-state index is 0.313. The van der Waals surface area contributed by atoms with Crippen molar-refractivity contribution in [3.63, 3.8) is 0 Å². The van der Waals surface area contributed by atoms with Gasteiger partial charge in [-0.15, -0.1) is 0 Å². The molecule has 3 heteroatoms. The first-order valence-electron chi connectivity index (χ1n) is 5.00. The molecule has 0 aliphatic rings. The van der Waals surface area contributed by atoms with Gasteiger partial charge in [0.25, 0.3) is 0 Å². The summed E-state index contributed by atoms with van der Waals surface area (Å²) >= 11 is 0. The molecule has 3 nitrogen and oxygen atoms in total. The summed E-state index contributed by atoms with van der Waals surface area (Å²) in [5.41, 5.74) is 1.16. The Morgan fingerprint density at radius 1 is 1.57 bits per heavy atom. The zero-order chi connectivity index (χ0) is 10.4. The maximum atomic E-state index is 5.24. The highest BCUT2D eigenvalue weighted by atomic mass is 16.5. The van der Waals surface area contributed by atoms with Gasteiger partial charge in [0.2, 0.25) is 0 Å². The highest BCUT2D eigenvalue weighted by molar-refractivity contribution is 5.32. The predicted molar refractivity (Wildman–Crippen MR) is 57.5 cm³/mol. The molecule has 1 aromatic heterocycles. The second kappa shape index (κ2) is 5.60. The number of pyridine rings is 1. The Labute approximate surface area is 85.5 Å². The van der Waals surface area contributed by atoms with Crippen LogP contribution in [0.2, 0.25) is 0 Å². The van der Waals surface area contributed by atoms with Gasteiger partial charge in [0.15, 0.2) is 0 Å². The molecule has 0 bridgehead atoms. The van der Waals surface area contributed by atoms with E-state index >= 15 is 0 Å². The number of hydrogen-bond donors (Lipinski definition) is 1. The zero-order valence-corrected chi connectivity index (χ0v) is 9.08. The second-order valence-electron chi connectivity index (χ2n) is 3.29. The highest BCUT2D eigenvalue weighted by Gasteiger charge is 2.09. The fraction of sp³-hybridized carbons (Fsp3) is 0.545. The van der Waals surface area contributed by atoms with Crippen LogP contribution in [0.5, 0.6) is 5.75 Å². The fourth-order valence-electron chi connectivity index (χ4n) is 1.39. The molecule has 0 fully saturated rings. The third-order valence-electron chi connectivity index (χ3n) is 2.20. The molecule has 1 rings (SSSR count). The van der Waals surface area contributed by atoms with Crippen LogP contribution in [0.1, 0.15) is 31.9 Å². The molecular formula is C11H18N2O. The van der Waals surface area contributed by atoms with Gasteiger partial charge in [-0.3, -0.25) is 4.98 Å². The molecule has 1 N–H and O–H groups in total. The van der Waals surface area contributed by atoms with E-state index in [1.807, 2.05) is 6.07 Å². The van der Waals surface area contributed by atoms with Gasteiger partial charge < -0.3 is 10.1 Å². The Morgan fingerprint density at radius 3 is 3.00 bits per heavy atom. The number of methoxy groups -OCH3 is 1. The predicted octanol–water partition coefficient (Wildman–Crippen LogP) is 2.15. The number of hydrogen-bond acceptors (Lipinski definition) is 3. The lowest BCUT2D eigenvalue weighted by Gasteiger charge is -2.16. The molecule has 0 saturated heterocycles. The third-order valence-corrected chi connectivity index (χ3v) is 2.20. The summed E-state index contributed by atoms with van der Waals surface area (Å²) in [6.45, 7) is 5.31. The Bertz CT molecular complexity index is 276. The fourth-order valence-corrected chi connectivity index (χ4v) is 1.39. The maximum Gasteiger partial charge on any atom is 0.141 e. The van der Waals surface area contributed by atoms with Crippen molar-refractivity contribution in [2.45, 2.75) is 26.3 Å². The lowest BCUT2D eigenvalue weighted by molar-refractivity contribution is 0.399. The van der Waals surface area contributed by atoms with Crippen molar-refractivity contribution in [3.8, 4) is 5.75 Å². The highest BCUT2D eigenvalue weighted by Crippen LogP contribution is 2.22. The van der Waals surface area contributed by atoms with Gasteiger partial charge in [-0.25, -0.2) is 0 Å². The van der Waals surface area contributed by atoms with Gasteiger partial charge in [-0.1, -0.05) is 6.92 Å². The van der Waals surface area contributed by atoms with Crippen LogP contribution in [0.4, 0.5) is 0 Å². The second-order valence-corrected chi connectivity index (χ2v) is 3.29. The van der Waals surface area contributed by atoms with Gasteiger partial charge in [-0.2, -0.15) is 0 Å². The Morgan fingerprint density at radius 2 is 2.36 bits per heavy atom. The van der Waals surface area contributed by atoms with Gasteiger partial charge >= 0.3 is 0 Å². The van der Waals surface area contributed by atoms with Crippen molar-refractivity contribution in [2.24, 2.45) is 0 Å². The summed E-state index contributed by atoms with van der Waals surface area (Å²) in [6, 6.07) is 2.31. The van der Waals surface area contributed by atoms with E-state index in [-0.39, 0.29) is 0 Å². The largest absolute Gasteiger partial charge is 0.495 e. The normalized spacial score (nSPS) is 12.5. The van der Waals surface area contributed by atoms with Crippen LogP contribution in [-0.4, -0.2) is 18.6 Å². The van der Waals surface area contributed by atoms with Crippen molar-refractivity contribution in [1.82, 2.24) is 10.3 Å². The molecular weight excluding hydrogens is 176 g/mol. The lowest BCUT2D eigenvalue weighted by Crippen LogP contribution is -2.19. The molecule has 0 saturated carbocycles.